The largest absolute Gasteiger partial charge is 0.300 e. The maximum absolute atomic E-state index is 11.6. The minimum atomic E-state index is -3.47. The van der Waals surface area contributed by atoms with Crippen molar-refractivity contribution in [1.82, 2.24) is 14.5 Å². The Bertz CT molecular complexity index is 771. The quantitative estimate of drug-likeness (QED) is 0.917. The zero-order valence-electron chi connectivity index (χ0n) is 13.2. The number of hydrogen-bond donors (Lipinski definition) is 1. The van der Waals surface area contributed by atoms with Crippen molar-refractivity contribution in [2.24, 2.45) is 5.14 Å². The van der Waals surface area contributed by atoms with Crippen LogP contribution in [-0.2, 0) is 16.6 Å². The minimum absolute atomic E-state index is 0.467. The van der Waals surface area contributed by atoms with E-state index in [1.165, 1.54) is 0 Å². The molecule has 0 aliphatic carbocycles. The molecule has 1 unspecified atom stereocenters. The molecule has 1 atom stereocenters. The number of primary sulfonamides is 1. The number of aromatic nitrogens is 2. The van der Waals surface area contributed by atoms with E-state index < -0.39 is 15.3 Å². The molecule has 1 aliphatic heterocycles. The summed E-state index contributed by atoms with van der Waals surface area (Å²) in [5.41, 5.74) is 2.13. The van der Waals surface area contributed by atoms with Crippen molar-refractivity contribution in [2.75, 3.05) is 13.1 Å². The summed E-state index contributed by atoms with van der Waals surface area (Å²) in [5.74, 6) is 0.922. The molecule has 0 bridgehead atoms. The van der Waals surface area contributed by atoms with Crippen molar-refractivity contribution in [1.29, 1.82) is 0 Å². The summed E-state index contributed by atoms with van der Waals surface area (Å²) in [6, 6.07) is 10.1. The molecule has 1 fully saturated rings. The van der Waals surface area contributed by atoms with E-state index in [-0.39, 0.29) is 0 Å². The maximum Gasteiger partial charge on any atom is 0.213 e. The number of nitrogens with zero attached hydrogens (tertiary/aromatic N) is 3. The molecule has 23 heavy (non-hydrogen) atoms. The van der Waals surface area contributed by atoms with Gasteiger partial charge in [-0.05, 0) is 38.4 Å². The second-order valence-electron chi connectivity index (χ2n) is 6.06. The maximum atomic E-state index is 11.6. The predicted octanol–water partition coefficient (Wildman–Crippen LogP) is 1.43. The van der Waals surface area contributed by atoms with Gasteiger partial charge in [-0.3, -0.25) is 9.47 Å². The fourth-order valence-corrected chi connectivity index (χ4v) is 4.10. The summed E-state index contributed by atoms with van der Waals surface area (Å²) >= 11 is 0. The van der Waals surface area contributed by atoms with Crippen LogP contribution in [0.5, 0.6) is 0 Å². The Hall–Kier alpha value is -1.70. The third-order valence-electron chi connectivity index (χ3n) is 4.34. The standard InChI is InChI=1S/C16H22N4O2S/c1-13-18-10-15(20(13)14-6-3-2-4-7-14)11-19-9-5-8-16(12-19)23(17,21)22/h2-4,6-7,10,16H,5,8-9,11-12H2,1H3,(H2,17,21,22). The number of likely N-dealkylation sites (tertiary alicyclic amines) is 1. The normalized spacial score (nSPS) is 19.8. The van der Waals surface area contributed by atoms with E-state index in [9.17, 15) is 8.42 Å². The molecule has 6 nitrogen and oxygen atoms in total. The third kappa shape index (κ3) is 3.63. The van der Waals surface area contributed by atoms with Crippen molar-refractivity contribution < 1.29 is 8.42 Å². The fourth-order valence-electron chi connectivity index (χ4n) is 3.19. The fraction of sp³-hybridized carbons (Fsp3) is 0.438. The van der Waals surface area contributed by atoms with Crippen molar-refractivity contribution in [2.45, 2.75) is 31.6 Å². The van der Waals surface area contributed by atoms with Crippen LogP contribution < -0.4 is 5.14 Å². The van der Waals surface area contributed by atoms with Gasteiger partial charge in [0, 0.05) is 18.8 Å². The van der Waals surface area contributed by atoms with Crippen LogP contribution in [0.1, 0.15) is 24.4 Å². The van der Waals surface area contributed by atoms with Gasteiger partial charge in [-0.1, -0.05) is 18.2 Å². The van der Waals surface area contributed by atoms with Gasteiger partial charge in [0.15, 0.2) is 0 Å². The molecule has 1 aliphatic rings. The topological polar surface area (TPSA) is 81.2 Å². The lowest BCUT2D eigenvalue weighted by Crippen LogP contribution is -2.44. The van der Waals surface area contributed by atoms with Gasteiger partial charge in [0.1, 0.15) is 5.82 Å². The van der Waals surface area contributed by atoms with E-state index in [4.69, 9.17) is 5.14 Å². The van der Waals surface area contributed by atoms with Crippen LogP contribution in [0.15, 0.2) is 36.5 Å². The van der Waals surface area contributed by atoms with Crippen LogP contribution in [0.3, 0.4) is 0 Å². The van der Waals surface area contributed by atoms with Gasteiger partial charge in [0.25, 0.3) is 0 Å². The first-order valence-electron chi connectivity index (χ1n) is 7.78. The second-order valence-corrected chi connectivity index (χ2v) is 7.90. The zero-order valence-corrected chi connectivity index (χ0v) is 14.0. The minimum Gasteiger partial charge on any atom is -0.300 e. The number of imidazole rings is 1. The molecule has 1 aromatic carbocycles. The number of para-hydroxylation sites is 1. The lowest BCUT2D eigenvalue weighted by Gasteiger charge is -2.31. The van der Waals surface area contributed by atoms with E-state index in [2.05, 4.69) is 14.5 Å². The van der Waals surface area contributed by atoms with E-state index >= 15 is 0 Å². The number of aryl methyl sites for hydroxylation is 1. The Labute approximate surface area is 137 Å². The van der Waals surface area contributed by atoms with Crippen LogP contribution in [0.25, 0.3) is 5.69 Å². The van der Waals surface area contributed by atoms with Gasteiger partial charge in [0.05, 0.1) is 17.1 Å². The first kappa shape index (κ1) is 16.2. The van der Waals surface area contributed by atoms with Gasteiger partial charge in [0.2, 0.25) is 10.0 Å². The van der Waals surface area contributed by atoms with Gasteiger partial charge in [-0.15, -0.1) is 0 Å². The van der Waals surface area contributed by atoms with Crippen LogP contribution in [0, 0.1) is 6.92 Å². The lowest BCUT2D eigenvalue weighted by molar-refractivity contribution is 0.219. The number of piperidine rings is 1. The van der Waals surface area contributed by atoms with E-state index in [1.807, 2.05) is 43.5 Å². The molecule has 0 radical (unpaired) electrons. The molecule has 3 rings (SSSR count). The summed E-state index contributed by atoms with van der Waals surface area (Å²) in [7, 11) is -3.47. The third-order valence-corrected chi connectivity index (χ3v) is 5.65. The number of hydrogen-bond acceptors (Lipinski definition) is 4. The van der Waals surface area contributed by atoms with Crippen molar-refractivity contribution in [3.8, 4) is 5.69 Å². The highest BCUT2D eigenvalue weighted by Gasteiger charge is 2.28. The second kappa shape index (κ2) is 6.43. The number of nitrogens with two attached hydrogens (primary N) is 1. The number of rotatable bonds is 4. The molecule has 0 amide bonds. The first-order chi connectivity index (χ1) is 10.9. The zero-order chi connectivity index (χ0) is 16.4. The van der Waals surface area contributed by atoms with Gasteiger partial charge in [-0.2, -0.15) is 0 Å². The van der Waals surface area contributed by atoms with Crippen LogP contribution >= 0.6 is 0 Å². The molecular formula is C16H22N4O2S. The molecule has 124 valence electrons. The Kier molecular flexibility index (Phi) is 4.52. The van der Waals surface area contributed by atoms with Crippen molar-refractivity contribution >= 4 is 10.0 Å². The van der Waals surface area contributed by atoms with E-state index in [0.29, 0.717) is 19.5 Å². The first-order valence-corrected chi connectivity index (χ1v) is 9.38. The summed E-state index contributed by atoms with van der Waals surface area (Å²) in [4.78, 5) is 6.57. The van der Waals surface area contributed by atoms with Crippen molar-refractivity contribution in [3.05, 3.63) is 48.0 Å². The Morgan fingerprint density at radius 3 is 2.74 bits per heavy atom. The van der Waals surface area contributed by atoms with E-state index in [1.54, 1.807) is 0 Å². The van der Waals surface area contributed by atoms with Crippen LogP contribution in [0.4, 0.5) is 0 Å². The molecule has 1 saturated heterocycles. The highest BCUT2D eigenvalue weighted by Crippen LogP contribution is 2.20. The number of benzene rings is 1. The molecule has 7 heteroatoms. The van der Waals surface area contributed by atoms with Gasteiger partial charge < -0.3 is 0 Å². The van der Waals surface area contributed by atoms with Crippen LogP contribution in [-0.4, -0.2) is 41.2 Å². The average Bonchev–Trinajstić information content (AvgIpc) is 2.88. The predicted molar refractivity (Wildman–Crippen MR) is 89.7 cm³/mol. The SMILES string of the molecule is Cc1ncc(CN2CCCC(S(N)(=O)=O)C2)n1-c1ccccc1. The monoisotopic (exact) mass is 334 g/mol. The lowest BCUT2D eigenvalue weighted by atomic mass is 10.1. The highest BCUT2D eigenvalue weighted by atomic mass is 32.2. The summed E-state index contributed by atoms with van der Waals surface area (Å²) in [6.45, 7) is 4.00. The molecule has 2 heterocycles. The molecular weight excluding hydrogens is 312 g/mol. The number of sulfonamides is 1. The Morgan fingerprint density at radius 1 is 1.30 bits per heavy atom. The molecule has 2 aromatic rings. The molecule has 1 aromatic heterocycles. The van der Waals surface area contributed by atoms with E-state index in [0.717, 1.165) is 30.2 Å². The summed E-state index contributed by atoms with van der Waals surface area (Å²) < 4.78 is 25.3. The van der Waals surface area contributed by atoms with Gasteiger partial charge in [-0.25, -0.2) is 18.5 Å². The van der Waals surface area contributed by atoms with Gasteiger partial charge >= 0.3 is 0 Å². The molecule has 2 N–H and O–H groups in total. The Morgan fingerprint density at radius 2 is 2.04 bits per heavy atom. The summed E-state index contributed by atoms with van der Waals surface area (Å²) in [5, 5.41) is 4.85. The van der Waals surface area contributed by atoms with Crippen LogP contribution in [0.2, 0.25) is 0 Å². The molecule has 0 saturated carbocycles. The average molecular weight is 334 g/mol. The molecule has 0 spiro atoms. The smallest absolute Gasteiger partial charge is 0.213 e. The summed E-state index contributed by atoms with van der Waals surface area (Å²) in [6.07, 6.45) is 3.36. The Balaban J connectivity index is 1.82. The van der Waals surface area contributed by atoms with Crippen molar-refractivity contribution in [3.63, 3.8) is 0 Å². The highest BCUT2D eigenvalue weighted by molar-refractivity contribution is 7.89.